The fraction of sp³-hybridized carbons (Fsp3) is 0.625. The Bertz CT molecular complexity index is 394. The average Bonchev–Trinajstić information content (AvgIpc) is 2.45. The molecule has 1 aromatic carbocycles. The van der Waals surface area contributed by atoms with Gasteiger partial charge in [0.05, 0.1) is 13.2 Å². The highest BCUT2D eigenvalue weighted by Crippen LogP contribution is 2.06. The van der Waals surface area contributed by atoms with Gasteiger partial charge in [-0.2, -0.15) is 0 Å². The van der Waals surface area contributed by atoms with Gasteiger partial charge in [0.15, 0.2) is 0 Å². The summed E-state index contributed by atoms with van der Waals surface area (Å²) in [6, 6.07) is 7.24. The quantitative estimate of drug-likeness (QED) is 0.774. The largest absolute Gasteiger partial charge is 0.379 e. The predicted molar refractivity (Wildman–Crippen MR) is 79.4 cm³/mol. The van der Waals surface area contributed by atoms with E-state index >= 15 is 0 Å². The van der Waals surface area contributed by atoms with Crippen LogP contribution in [-0.2, 0) is 11.2 Å². The van der Waals surface area contributed by atoms with E-state index in [0.29, 0.717) is 6.04 Å². The molecule has 1 aromatic rings. The van der Waals surface area contributed by atoms with Crippen molar-refractivity contribution in [3.8, 4) is 0 Å². The van der Waals surface area contributed by atoms with Gasteiger partial charge in [-0.3, -0.25) is 4.90 Å². The molecule has 0 bridgehead atoms. The number of hydrogen-bond acceptors (Lipinski definition) is 3. The third-order valence-corrected chi connectivity index (χ3v) is 3.68. The molecule has 0 aliphatic carbocycles. The minimum Gasteiger partial charge on any atom is -0.379 e. The first kappa shape index (κ1) is 15.4. The summed E-state index contributed by atoms with van der Waals surface area (Å²) in [5.41, 5.74) is 1.05. The van der Waals surface area contributed by atoms with Gasteiger partial charge in [-0.1, -0.05) is 12.1 Å². The minimum absolute atomic E-state index is 0.151. The van der Waals surface area contributed by atoms with Crippen LogP contribution in [0.5, 0.6) is 0 Å². The van der Waals surface area contributed by atoms with E-state index in [-0.39, 0.29) is 5.82 Å². The molecule has 1 aliphatic rings. The van der Waals surface area contributed by atoms with Crippen molar-refractivity contribution in [2.24, 2.45) is 0 Å². The van der Waals surface area contributed by atoms with Gasteiger partial charge >= 0.3 is 0 Å². The van der Waals surface area contributed by atoms with E-state index < -0.39 is 0 Å². The monoisotopic (exact) mass is 280 g/mol. The molecule has 0 aromatic heterocycles. The molecule has 1 unspecified atom stereocenters. The fourth-order valence-electron chi connectivity index (χ4n) is 2.57. The highest BCUT2D eigenvalue weighted by molar-refractivity contribution is 5.17. The van der Waals surface area contributed by atoms with Gasteiger partial charge in [-0.05, 0) is 50.6 Å². The molecule has 1 N–H and O–H groups in total. The van der Waals surface area contributed by atoms with Crippen molar-refractivity contribution in [2.75, 3.05) is 39.4 Å². The summed E-state index contributed by atoms with van der Waals surface area (Å²) in [5.74, 6) is -0.151. The van der Waals surface area contributed by atoms with Crippen molar-refractivity contribution in [3.63, 3.8) is 0 Å². The molecule has 112 valence electrons. The SMILES string of the molecule is CC(Cc1cccc(F)c1)NCCCN1CCOCC1. The van der Waals surface area contributed by atoms with Crippen molar-refractivity contribution < 1.29 is 9.13 Å². The number of ether oxygens (including phenoxy) is 1. The number of hydrogen-bond donors (Lipinski definition) is 1. The van der Waals surface area contributed by atoms with E-state index in [2.05, 4.69) is 17.1 Å². The topological polar surface area (TPSA) is 24.5 Å². The maximum absolute atomic E-state index is 13.1. The van der Waals surface area contributed by atoms with Crippen molar-refractivity contribution in [1.29, 1.82) is 0 Å². The molecule has 1 fully saturated rings. The predicted octanol–water partition coefficient (Wildman–Crippen LogP) is 2.07. The van der Waals surface area contributed by atoms with Crippen LogP contribution in [0.2, 0.25) is 0 Å². The Morgan fingerprint density at radius 3 is 2.90 bits per heavy atom. The van der Waals surface area contributed by atoms with Gasteiger partial charge in [0.2, 0.25) is 0 Å². The smallest absolute Gasteiger partial charge is 0.123 e. The van der Waals surface area contributed by atoms with Gasteiger partial charge in [0.1, 0.15) is 5.82 Å². The third kappa shape index (κ3) is 5.57. The summed E-state index contributed by atoms with van der Waals surface area (Å²) in [6.45, 7) is 8.13. The Hall–Kier alpha value is -0.970. The lowest BCUT2D eigenvalue weighted by Gasteiger charge is -2.26. The van der Waals surface area contributed by atoms with Crippen LogP contribution in [0, 0.1) is 5.82 Å². The Kier molecular flexibility index (Phi) is 6.43. The first-order valence-electron chi connectivity index (χ1n) is 7.52. The number of morpholine rings is 1. The second kappa shape index (κ2) is 8.35. The second-order valence-electron chi connectivity index (χ2n) is 5.50. The van der Waals surface area contributed by atoms with E-state index in [9.17, 15) is 4.39 Å². The zero-order chi connectivity index (χ0) is 14.2. The number of benzene rings is 1. The molecule has 1 heterocycles. The van der Waals surface area contributed by atoms with Gasteiger partial charge < -0.3 is 10.1 Å². The van der Waals surface area contributed by atoms with Crippen LogP contribution in [-0.4, -0.2) is 50.3 Å². The molecule has 0 amide bonds. The summed E-state index contributed by atoms with van der Waals surface area (Å²) in [5, 5.41) is 3.51. The van der Waals surface area contributed by atoms with Gasteiger partial charge in [0.25, 0.3) is 0 Å². The minimum atomic E-state index is -0.151. The molecule has 4 heteroatoms. The molecule has 1 aliphatic heterocycles. The van der Waals surface area contributed by atoms with Gasteiger partial charge in [-0.15, -0.1) is 0 Å². The summed E-state index contributed by atoms with van der Waals surface area (Å²) in [6.07, 6.45) is 2.02. The number of rotatable bonds is 7. The normalized spacial score (nSPS) is 18.1. The van der Waals surface area contributed by atoms with Crippen LogP contribution in [0.15, 0.2) is 24.3 Å². The van der Waals surface area contributed by atoms with E-state index in [0.717, 1.165) is 57.8 Å². The maximum atomic E-state index is 13.1. The Morgan fingerprint density at radius 1 is 1.35 bits per heavy atom. The number of halogens is 1. The lowest BCUT2D eigenvalue weighted by molar-refractivity contribution is 0.0374. The van der Waals surface area contributed by atoms with E-state index in [4.69, 9.17) is 4.74 Å². The van der Waals surface area contributed by atoms with Gasteiger partial charge in [0, 0.05) is 19.1 Å². The fourth-order valence-corrected chi connectivity index (χ4v) is 2.57. The summed E-state index contributed by atoms with van der Waals surface area (Å²) < 4.78 is 18.4. The molecule has 3 nitrogen and oxygen atoms in total. The average molecular weight is 280 g/mol. The number of nitrogens with one attached hydrogen (secondary N) is 1. The zero-order valence-electron chi connectivity index (χ0n) is 12.3. The molecule has 2 rings (SSSR count). The van der Waals surface area contributed by atoms with Crippen molar-refractivity contribution in [3.05, 3.63) is 35.6 Å². The summed E-state index contributed by atoms with van der Waals surface area (Å²) in [4.78, 5) is 2.45. The van der Waals surface area contributed by atoms with Gasteiger partial charge in [-0.25, -0.2) is 4.39 Å². The van der Waals surface area contributed by atoms with Crippen LogP contribution >= 0.6 is 0 Å². The van der Waals surface area contributed by atoms with Crippen LogP contribution in [0.3, 0.4) is 0 Å². The standard InChI is InChI=1S/C16H25FN2O/c1-14(12-15-4-2-5-16(17)13-15)18-6-3-7-19-8-10-20-11-9-19/h2,4-5,13-14,18H,3,6-12H2,1H3. The van der Waals surface area contributed by atoms with E-state index in [1.165, 1.54) is 6.07 Å². The molecule has 1 atom stereocenters. The molecule has 0 saturated carbocycles. The Balaban J connectivity index is 1.59. The van der Waals surface area contributed by atoms with Crippen LogP contribution < -0.4 is 5.32 Å². The summed E-state index contributed by atoms with van der Waals surface area (Å²) >= 11 is 0. The van der Waals surface area contributed by atoms with E-state index in [1.54, 1.807) is 12.1 Å². The molecular weight excluding hydrogens is 255 g/mol. The van der Waals surface area contributed by atoms with Crippen LogP contribution in [0.1, 0.15) is 18.9 Å². The molecule has 0 spiro atoms. The first-order valence-corrected chi connectivity index (χ1v) is 7.52. The Morgan fingerprint density at radius 2 is 2.15 bits per heavy atom. The van der Waals surface area contributed by atoms with Crippen molar-refractivity contribution in [2.45, 2.75) is 25.8 Å². The van der Waals surface area contributed by atoms with Crippen molar-refractivity contribution >= 4 is 0 Å². The molecule has 1 saturated heterocycles. The third-order valence-electron chi connectivity index (χ3n) is 3.68. The second-order valence-corrected chi connectivity index (χ2v) is 5.50. The Labute approximate surface area is 121 Å². The zero-order valence-corrected chi connectivity index (χ0v) is 12.3. The highest BCUT2D eigenvalue weighted by atomic mass is 19.1. The molecular formula is C16H25FN2O. The van der Waals surface area contributed by atoms with Crippen LogP contribution in [0.4, 0.5) is 4.39 Å². The molecule has 0 radical (unpaired) electrons. The summed E-state index contributed by atoms with van der Waals surface area (Å²) in [7, 11) is 0. The van der Waals surface area contributed by atoms with Crippen molar-refractivity contribution in [1.82, 2.24) is 10.2 Å². The number of nitrogens with zero attached hydrogens (tertiary/aromatic N) is 1. The maximum Gasteiger partial charge on any atom is 0.123 e. The van der Waals surface area contributed by atoms with E-state index in [1.807, 2.05) is 6.07 Å². The lowest BCUT2D eigenvalue weighted by atomic mass is 10.1. The van der Waals surface area contributed by atoms with Crippen LogP contribution in [0.25, 0.3) is 0 Å². The first-order chi connectivity index (χ1) is 9.74. The lowest BCUT2D eigenvalue weighted by Crippen LogP contribution is -2.38. The highest BCUT2D eigenvalue weighted by Gasteiger charge is 2.09. The molecule has 20 heavy (non-hydrogen) atoms.